The summed E-state index contributed by atoms with van der Waals surface area (Å²) in [7, 11) is 1.44. The van der Waals surface area contributed by atoms with E-state index in [4.69, 9.17) is 9.84 Å². The van der Waals surface area contributed by atoms with Crippen LogP contribution in [0.1, 0.15) is 19.8 Å². The molecule has 1 aromatic rings. The molecule has 0 saturated carbocycles. The van der Waals surface area contributed by atoms with Gasteiger partial charge >= 0.3 is 5.97 Å². The molecule has 1 aromatic carbocycles. The van der Waals surface area contributed by atoms with Gasteiger partial charge in [0, 0.05) is 24.4 Å². The maximum Gasteiger partial charge on any atom is 0.306 e. The lowest BCUT2D eigenvalue weighted by molar-refractivity contribution is -0.384. The molecular formula is C13H18N2O5. The summed E-state index contributed by atoms with van der Waals surface area (Å²) in [6, 6.07) is 4.43. The Hall–Kier alpha value is -2.31. The summed E-state index contributed by atoms with van der Waals surface area (Å²) in [6.45, 7) is 2.20. The summed E-state index contributed by atoms with van der Waals surface area (Å²) in [6.07, 6.45) is 1.22. The summed E-state index contributed by atoms with van der Waals surface area (Å²) in [4.78, 5) is 20.9. The third-order valence-corrected chi connectivity index (χ3v) is 2.90. The quantitative estimate of drug-likeness (QED) is 0.431. The molecule has 0 aliphatic heterocycles. The first-order valence-electron chi connectivity index (χ1n) is 6.24. The fourth-order valence-corrected chi connectivity index (χ4v) is 1.67. The number of hydrogen-bond acceptors (Lipinski definition) is 5. The third kappa shape index (κ3) is 4.75. The lowest BCUT2D eigenvalue weighted by atomic mass is 10.1. The van der Waals surface area contributed by atoms with Crippen molar-refractivity contribution in [2.45, 2.75) is 19.8 Å². The van der Waals surface area contributed by atoms with E-state index in [-0.39, 0.29) is 5.69 Å². The highest BCUT2D eigenvalue weighted by molar-refractivity contribution is 5.69. The standard InChI is InChI=1S/C13H18N2O5/c1-9(13(16)17)4-3-5-14-10-6-11(15(18)19)8-12(7-10)20-2/h6-9,14H,3-5H2,1-2H3,(H,16,17). The number of carbonyl (C=O) groups is 1. The Bertz CT molecular complexity index is 490. The van der Waals surface area contributed by atoms with Crippen LogP contribution < -0.4 is 10.1 Å². The van der Waals surface area contributed by atoms with Gasteiger partial charge in [0.15, 0.2) is 0 Å². The van der Waals surface area contributed by atoms with E-state index in [2.05, 4.69) is 5.32 Å². The number of nitrogens with zero attached hydrogens (tertiary/aromatic N) is 1. The number of nitro groups is 1. The summed E-state index contributed by atoms with van der Waals surface area (Å²) in [5.41, 5.74) is 0.532. The lowest BCUT2D eigenvalue weighted by Crippen LogP contribution is -2.11. The number of anilines is 1. The molecule has 1 atom stereocenters. The molecule has 0 bridgehead atoms. The van der Waals surface area contributed by atoms with Crippen molar-refractivity contribution in [3.8, 4) is 5.75 Å². The highest BCUT2D eigenvalue weighted by Gasteiger charge is 2.11. The molecule has 0 amide bonds. The average Bonchev–Trinajstić information content (AvgIpc) is 2.42. The summed E-state index contributed by atoms with van der Waals surface area (Å²) >= 11 is 0. The van der Waals surface area contributed by atoms with Crippen molar-refractivity contribution in [2.75, 3.05) is 19.0 Å². The number of nitrogens with one attached hydrogen (secondary N) is 1. The van der Waals surface area contributed by atoms with Crippen molar-refractivity contribution in [3.05, 3.63) is 28.3 Å². The van der Waals surface area contributed by atoms with Crippen LogP contribution in [0.5, 0.6) is 5.75 Å². The zero-order valence-corrected chi connectivity index (χ0v) is 11.5. The van der Waals surface area contributed by atoms with Crippen LogP contribution >= 0.6 is 0 Å². The molecule has 2 N–H and O–H groups in total. The molecule has 0 radical (unpaired) electrons. The van der Waals surface area contributed by atoms with E-state index in [9.17, 15) is 14.9 Å². The topological polar surface area (TPSA) is 102 Å². The van der Waals surface area contributed by atoms with Crippen molar-refractivity contribution in [1.29, 1.82) is 0 Å². The van der Waals surface area contributed by atoms with Crippen molar-refractivity contribution in [3.63, 3.8) is 0 Å². The Morgan fingerprint density at radius 1 is 1.50 bits per heavy atom. The van der Waals surface area contributed by atoms with Crippen LogP contribution in [-0.4, -0.2) is 29.7 Å². The number of rotatable bonds is 8. The Balaban J connectivity index is 2.57. The second kappa shape index (κ2) is 7.32. The number of ether oxygens (including phenoxy) is 1. The van der Waals surface area contributed by atoms with Crippen LogP contribution in [-0.2, 0) is 4.79 Å². The van der Waals surface area contributed by atoms with Crippen LogP contribution in [0.2, 0.25) is 0 Å². The maximum absolute atomic E-state index is 10.8. The van der Waals surface area contributed by atoms with E-state index in [0.29, 0.717) is 30.8 Å². The fraction of sp³-hybridized carbons (Fsp3) is 0.462. The molecule has 0 saturated heterocycles. The van der Waals surface area contributed by atoms with Crippen LogP contribution in [0.4, 0.5) is 11.4 Å². The van der Waals surface area contributed by atoms with E-state index in [0.717, 1.165) is 0 Å². The van der Waals surface area contributed by atoms with Gasteiger partial charge in [0.2, 0.25) is 0 Å². The number of carboxylic acid groups (broad SMARTS) is 1. The number of carboxylic acids is 1. The Kier molecular flexibility index (Phi) is 5.76. The van der Waals surface area contributed by atoms with Gasteiger partial charge in [0.25, 0.3) is 5.69 Å². The van der Waals surface area contributed by atoms with Gasteiger partial charge in [-0.2, -0.15) is 0 Å². The van der Waals surface area contributed by atoms with Gasteiger partial charge < -0.3 is 15.2 Å². The summed E-state index contributed by atoms with van der Waals surface area (Å²) in [5, 5.41) is 22.6. The molecule has 7 nitrogen and oxygen atoms in total. The number of non-ortho nitro benzene ring substituents is 1. The Morgan fingerprint density at radius 2 is 2.20 bits per heavy atom. The second-order valence-corrected chi connectivity index (χ2v) is 4.49. The Morgan fingerprint density at radius 3 is 2.75 bits per heavy atom. The molecule has 0 fully saturated rings. The average molecular weight is 282 g/mol. The first-order valence-corrected chi connectivity index (χ1v) is 6.24. The molecule has 0 aliphatic carbocycles. The molecule has 1 unspecified atom stereocenters. The van der Waals surface area contributed by atoms with Crippen LogP contribution in [0.3, 0.4) is 0 Å². The minimum absolute atomic E-state index is 0.0502. The zero-order chi connectivity index (χ0) is 15.1. The third-order valence-electron chi connectivity index (χ3n) is 2.90. The molecule has 0 aliphatic rings. The van der Waals surface area contributed by atoms with Crippen molar-refractivity contribution in [1.82, 2.24) is 0 Å². The number of nitro benzene ring substituents is 1. The summed E-state index contributed by atoms with van der Waals surface area (Å²) < 4.78 is 5.00. The Labute approximate surface area is 116 Å². The van der Waals surface area contributed by atoms with Gasteiger partial charge in [-0.3, -0.25) is 14.9 Å². The first kappa shape index (κ1) is 15.7. The highest BCUT2D eigenvalue weighted by atomic mass is 16.6. The van der Waals surface area contributed by atoms with E-state index in [1.54, 1.807) is 13.0 Å². The van der Waals surface area contributed by atoms with Crippen LogP contribution in [0, 0.1) is 16.0 Å². The zero-order valence-electron chi connectivity index (χ0n) is 11.5. The number of hydrogen-bond donors (Lipinski definition) is 2. The highest BCUT2D eigenvalue weighted by Crippen LogP contribution is 2.25. The molecule has 110 valence electrons. The largest absolute Gasteiger partial charge is 0.496 e. The number of benzene rings is 1. The van der Waals surface area contributed by atoms with Gasteiger partial charge in [0.1, 0.15) is 5.75 Å². The van der Waals surface area contributed by atoms with Crippen molar-refractivity contribution >= 4 is 17.3 Å². The van der Waals surface area contributed by atoms with E-state index < -0.39 is 16.8 Å². The monoisotopic (exact) mass is 282 g/mol. The molecule has 1 rings (SSSR count). The maximum atomic E-state index is 10.8. The number of methoxy groups -OCH3 is 1. The smallest absolute Gasteiger partial charge is 0.306 e. The first-order chi connectivity index (χ1) is 9.43. The van der Waals surface area contributed by atoms with E-state index >= 15 is 0 Å². The van der Waals surface area contributed by atoms with Crippen LogP contribution in [0.25, 0.3) is 0 Å². The molecule has 20 heavy (non-hydrogen) atoms. The van der Waals surface area contributed by atoms with Crippen molar-refractivity contribution in [2.24, 2.45) is 5.92 Å². The van der Waals surface area contributed by atoms with Crippen LogP contribution in [0.15, 0.2) is 18.2 Å². The normalized spacial score (nSPS) is 11.7. The molecule has 0 aromatic heterocycles. The lowest BCUT2D eigenvalue weighted by Gasteiger charge is -2.09. The van der Waals surface area contributed by atoms with Crippen molar-refractivity contribution < 1.29 is 19.6 Å². The predicted molar refractivity (Wildman–Crippen MR) is 74.2 cm³/mol. The molecule has 0 spiro atoms. The molecule has 0 heterocycles. The molecule has 7 heteroatoms. The summed E-state index contributed by atoms with van der Waals surface area (Å²) in [5.74, 6) is -0.806. The fourth-order valence-electron chi connectivity index (χ4n) is 1.67. The second-order valence-electron chi connectivity index (χ2n) is 4.49. The van der Waals surface area contributed by atoms with E-state index in [1.807, 2.05) is 0 Å². The number of aliphatic carboxylic acids is 1. The van der Waals surface area contributed by atoms with E-state index in [1.165, 1.54) is 19.2 Å². The molecular weight excluding hydrogens is 264 g/mol. The minimum Gasteiger partial charge on any atom is -0.496 e. The van der Waals surface area contributed by atoms with Gasteiger partial charge in [-0.15, -0.1) is 0 Å². The minimum atomic E-state index is -0.818. The van der Waals surface area contributed by atoms with Gasteiger partial charge in [-0.05, 0) is 12.8 Å². The SMILES string of the molecule is COc1cc(NCCCC(C)C(=O)O)cc([N+](=O)[O-])c1. The van der Waals surface area contributed by atoms with Gasteiger partial charge in [-0.25, -0.2) is 0 Å². The van der Waals surface area contributed by atoms with Gasteiger partial charge in [-0.1, -0.05) is 6.92 Å². The predicted octanol–water partition coefficient (Wildman–Crippen LogP) is 2.52. The van der Waals surface area contributed by atoms with Gasteiger partial charge in [0.05, 0.1) is 24.0 Å².